The van der Waals surface area contributed by atoms with Crippen LogP contribution in [0.5, 0.6) is 11.5 Å². The lowest BCUT2D eigenvalue weighted by atomic mass is 10.0. The van der Waals surface area contributed by atoms with Crippen molar-refractivity contribution in [1.29, 1.82) is 0 Å². The number of piperidine rings is 1. The van der Waals surface area contributed by atoms with Crippen molar-refractivity contribution in [2.75, 3.05) is 59.1 Å². The summed E-state index contributed by atoms with van der Waals surface area (Å²) in [6.45, 7) is 1.67. The Morgan fingerprint density at radius 2 is 1.72 bits per heavy atom. The number of aryl methyl sites for hydroxylation is 1. The number of aliphatic hydroxyl groups is 1. The van der Waals surface area contributed by atoms with Gasteiger partial charge in [0, 0.05) is 45.8 Å². The number of aliphatic hydroxyl groups excluding tert-OH is 1. The SMILES string of the molecule is O=C1CN(CCCO)C(=O)CCc2ccc(cc2)Oc2cccc(c2)CO[C@H]2CCN(S(=O)(=O)N3CCOCC3)C[C@@H]2N1. The number of benzene rings is 2. The van der Waals surface area contributed by atoms with Gasteiger partial charge in [-0.05, 0) is 54.7 Å². The second-order valence-electron chi connectivity index (χ2n) is 11.0. The third-order valence-electron chi connectivity index (χ3n) is 7.90. The third kappa shape index (κ3) is 8.31. The fourth-order valence-corrected chi connectivity index (χ4v) is 7.16. The first-order valence-corrected chi connectivity index (χ1v) is 16.2. The van der Waals surface area contributed by atoms with E-state index in [1.54, 1.807) is 0 Å². The molecule has 2 N–H and O–H groups in total. The van der Waals surface area contributed by atoms with Crippen LogP contribution in [0.25, 0.3) is 0 Å². The van der Waals surface area contributed by atoms with Gasteiger partial charge in [-0.15, -0.1) is 0 Å². The number of carbonyl (C=O) groups excluding carboxylic acids is 2. The molecule has 2 atom stereocenters. The molecule has 12 nitrogen and oxygen atoms in total. The van der Waals surface area contributed by atoms with Crippen molar-refractivity contribution in [3.05, 3.63) is 59.7 Å². The van der Waals surface area contributed by atoms with Gasteiger partial charge in [0.25, 0.3) is 10.2 Å². The Balaban J connectivity index is 1.38. The number of morpholine rings is 1. The monoisotopic (exact) mass is 616 g/mol. The van der Waals surface area contributed by atoms with Crippen LogP contribution in [0.3, 0.4) is 0 Å². The van der Waals surface area contributed by atoms with Gasteiger partial charge in [-0.1, -0.05) is 24.3 Å². The summed E-state index contributed by atoms with van der Waals surface area (Å²) in [4.78, 5) is 28.0. The molecule has 4 aliphatic heterocycles. The molecule has 4 bridgehead atoms. The van der Waals surface area contributed by atoms with Crippen LogP contribution in [0.15, 0.2) is 48.5 Å². The fourth-order valence-electron chi connectivity index (χ4n) is 5.54. The van der Waals surface area contributed by atoms with Gasteiger partial charge in [0.05, 0.1) is 38.5 Å². The quantitative estimate of drug-likeness (QED) is 0.513. The highest BCUT2D eigenvalue weighted by atomic mass is 32.2. The van der Waals surface area contributed by atoms with Crippen molar-refractivity contribution < 1.29 is 37.3 Å². The van der Waals surface area contributed by atoms with Gasteiger partial charge >= 0.3 is 0 Å². The minimum Gasteiger partial charge on any atom is -0.457 e. The topological polar surface area (TPSA) is 138 Å². The predicted molar refractivity (Wildman–Crippen MR) is 158 cm³/mol. The van der Waals surface area contributed by atoms with E-state index in [0.717, 1.165) is 11.1 Å². The van der Waals surface area contributed by atoms with Gasteiger partial charge in [-0.2, -0.15) is 17.0 Å². The first-order chi connectivity index (χ1) is 20.8. The zero-order chi connectivity index (χ0) is 30.2. The van der Waals surface area contributed by atoms with Crippen molar-refractivity contribution in [1.82, 2.24) is 18.8 Å². The first-order valence-electron chi connectivity index (χ1n) is 14.8. The molecule has 0 saturated carbocycles. The Morgan fingerprint density at radius 1 is 0.930 bits per heavy atom. The lowest BCUT2D eigenvalue weighted by Crippen LogP contribution is -2.60. The second kappa shape index (κ2) is 14.6. The van der Waals surface area contributed by atoms with Crippen molar-refractivity contribution in [2.45, 2.75) is 44.4 Å². The highest BCUT2D eigenvalue weighted by molar-refractivity contribution is 7.86. The molecule has 2 aromatic rings. The Morgan fingerprint density at radius 3 is 2.49 bits per heavy atom. The number of ether oxygens (including phenoxy) is 3. The molecule has 2 fully saturated rings. The zero-order valence-electron chi connectivity index (χ0n) is 24.2. The lowest BCUT2D eigenvalue weighted by Gasteiger charge is -2.40. The van der Waals surface area contributed by atoms with Crippen LogP contribution in [0.2, 0.25) is 0 Å². The van der Waals surface area contributed by atoms with E-state index < -0.39 is 28.3 Å². The van der Waals surface area contributed by atoms with Crippen LogP contribution in [0.1, 0.15) is 30.4 Å². The van der Waals surface area contributed by atoms with Gasteiger partial charge in [0.15, 0.2) is 0 Å². The van der Waals surface area contributed by atoms with Crippen molar-refractivity contribution in [2.24, 2.45) is 0 Å². The van der Waals surface area contributed by atoms with E-state index in [-0.39, 0.29) is 64.8 Å². The summed E-state index contributed by atoms with van der Waals surface area (Å²) in [5.74, 6) is 0.705. The Bertz CT molecular complexity index is 1350. The highest BCUT2D eigenvalue weighted by Gasteiger charge is 2.39. The predicted octanol–water partition coefficient (Wildman–Crippen LogP) is 1.29. The molecule has 6 rings (SSSR count). The Hall–Kier alpha value is -3.07. The summed E-state index contributed by atoms with van der Waals surface area (Å²) in [6, 6.07) is 14.5. The number of hydrogen-bond donors (Lipinski definition) is 2. The van der Waals surface area contributed by atoms with E-state index in [2.05, 4.69) is 5.32 Å². The van der Waals surface area contributed by atoms with Gasteiger partial charge in [0.1, 0.15) is 11.5 Å². The maximum absolute atomic E-state index is 13.4. The minimum absolute atomic E-state index is 0.0395. The largest absolute Gasteiger partial charge is 0.457 e. The molecular weight excluding hydrogens is 576 g/mol. The number of rotatable bonds is 5. The van der Waals surface area contributed by atoms with Crippen molar-refractivity contribution in [3.8, 4) is 11.5 Å². The van der Waals surface area contributed by atoms with E-state index >= 15 is 0 Å². The molecule has 0 radical (unpaired) electrons. The van der Waals surface area contributed by atoms with Crippen LogP contribution >= 0.6 is 0 Å². The summed E-state index contributed by atoms with van der Waals surface area (Å²) in [5.41, 5.74) is 1.83. The van der Waals surface area contributed by atoms with E-state index in [1.807, 2.05) is 48.5 Å². The maximum atomic E-state index is 13.4. The molecule has 2 saturated heterocycles. The van der Waals surface area contributed by atoms with E-state index in [9.17, 15) is 23.1 Å². The maximum Gasteiger partial charge on any atom is 0.282 e. The summed E-state index contributed by atoms with van der Waals surface area (Å²) >= 11 is 0. The molecule has 0 aliphatic carbocycles. The second-order valence-corrected chi connectivity index (χ2v) is 12.9. The number of fused-ring (bicyclic) bond motifs is 9. The highest BCUT2D eigenvalue weighted by Crippen LogP contribution is 2.25. The third-order valence-corrected chi connectivity index (χ3v) is 9.91. The fraction of sp³-hybridized carbons (Fsp3) is 0.533. The smallest absolute Gasteiger partial charge is 0.282 e. The Kier molecular flexibility index (Phi) is 10.6. The van der Waals surface area contributed by atoms with Crippen LogP contribution in [0.4, 0.5) is 0 Å². The van der Waals surface area contributed by atoms with Crippen molar-refractivity contribution >= 4 is 22.0 Å². The number of amides is 2. The molecule has 4 aliphatic rings. The molecule has 0 aromatic heterocycles. The number of hydrogen-bond acceptors (Lipinski definition) is 8. The minimum atomic E-state index is -3.76. The molecule has 2 aromatic carbocycles. The Labute approximate surface area is 252 Å². The van der Waals surface area contributed by atoms with Crippen molar-refractivity contribution in [3.63, 3.8) is 0 Å². The van der Waals surface area contributed by atoms with Crippen LogP contribution in [-0.2, 0) is 42.3 Å². The molecule has 13 heteroatoms. The molecule has 0 unspecified atom stereocenters. The van der Waals surface area contributed by atoms with E-state index in [1.165, 1.54) is 13.5 Å². The summed E-state index contributed by atoms with van der Waals surface area (Å²) in [7, 11) is -3.76. The van der Waals surface area contributed by atoms with E-state index in [4.69, 9.17) is 14.2 Å². The lowest BCUT2D eigenvalue weighted by molar-refractivity contribution is -0.137. The molecule has 0 spiro atoms. The summed E-state index contributed by atoms with van der Waals surface area (Å²) in [6.07, 6.45) is 0.940. The molecule has 2 amide bonds. The molecule has 4 heterocycles. The average Bonchev–Trinajstić information content (AvgIpc) is 3.02. The van der Waals surface area contributed by atoms with Gasteiger partial charge in [-0.25, -0.2) is 0 Å². The van der Waals surface area contributed by atoms with Crippen LogP contribution in [-0.4, -0.2) is 110 Å². The summed E-state index contributed by atoms with van der Waals surface area (Å²) < 4.78 is 47.4. The van der Waals surface area contributed by atoms with Crippen LogP contribution < -0.4 is 10.1 Å². The number of nitrogens with one attached hydrogen (secondary N) is 1. The van der Waals surface area contributed by atoms with Gasteiger partial charge in [-0.3, -0.25) is 9.59 Å². The average molecular weight is 617 g/mol. The van der Waals surface area contributed by atoms with E-state index in [0.29, 0.717) is 44.0 Å². The normalized spacial score (nSPS) is 23.4. The molecule has 234 valence electrons. The molecule has 43 heavy (non-hydrogen) atoms. The summed E-state index contributed by atoms with van der Waals surface area (Å²) in [5, 5.41) is 12.4. The first kappa shape index (κ1) is 31.4. The standard InChI is InChI=1S/C30H40N4O8S/c35-16-2-12-32-21-29(36)31-27-20-34(43(38,39)33-14-17-40-18-15-33)13-11-28(27)41-22-24-3-1-4-26(19-24)42-25-8-5-23(6-9-25)7-10-30(32)37/h1,3-6,8-9,19,27-28,35H,2,7,10-18,20-22H2,(H,31,36)/t27-,28-/m0/s1. The number of carbonyl (C=O) groups is 2. The van der Waals surface area contributed by atoms with Gasteiger partial charge < -0.3 is 29.5 Å². The van der Waals surface area contributed by atoms with Gasteiger partial charge in [0.2, 0.25) is 11.8 Å². The zero-order valence-corrected chi connectivity index (χ0v) is 25.0. The van der Waals surface area contributed by atoms with Crippen LogP contribution in [0, 0.1) is 0 Å². The number of nitrogens with zero attached hydrogens (tertiary/aromatic N) is 3. The molecular formula is C30H40N4O8S.